The topological polar surface area (TPSA) is 102 Å². The number of alkyl halides is 3. The molecule has 3 atom stereocenters. The number of esters is 2. The zero-order chi connectivity index (χ0) is 20.8. The van der Waals surface area contributed by atoms with Crippen LogP contribution < -0.4 is 5.32 Å². The highest BCUT2D eigenvalue weighted by atomic mass is 19.4. The second-order valence-corrected chi connectivity index (χ2v) is 5.77. The van der Waals surface area contributed by atoms with Crippen LogP contribution in [-0.4, -0.2) is 43.2 Å². The van der Waals surface area contributed by atoms with E-state index in [-0.39, 0.29) is 12.0 Å². The fourth-order valence-electron chi connectivity index (χ4n) is 2.26. The molecule has 0 bridgehead atoms. The average Bonchev–Trinajstić information content (AvgIpc) is 2.64. The number of aliphatic hydroxyl groups is 1. The van der Waals surface area contributed by atoms with E-state index in [1.807, 2.05) is 0 Å². The van der Waals surface area contributed by atoms with E-state index in [1.165, 1.54) is 14.0 Å². The van der Waals surface area contributed by atoms with Crippen molar-refractivity contribution in [1.29, 1.82) is 0 Å². The highest BCUT2D eigenvalue weighted by Gasteiger charge is 2.32. The summed E-state index contributed by atoms with van der Waals surface area (Å²) < 4.78 is 46.8. The summed E-state index contributed by atoms with van der Waals surface area (Å²) in [7, 11) is 2.25. The molecule has 0 fully saturated rings. The molecule has 0 aliphatic heterocycles. The first kappa shape index (κ1) is 22.4. The molecule has 150 valence electrons. The maximum Gasteiger partial charge on any atom is 0.416 e. The summed E-state index contributed by atoms with van der Waals surface area (Å²) >= 11 is 0. The molecule has 0 saturated heterocycles. The van der Waals surface area contributed by atoms with Crippen molar-refractivity contribution >= 4 is 17.8 Å². The van der Waals surface area contributed by atoms with Crippen LogP contribution in [0.25, 0.3) is 0 Å². The van der Waals surface area contributed by atoms with Gasteiger partial charge in [0.1, 0.15) is 6.04 Å². The Hall–Kier alpha value is -2.62. The molecule has 0 radical (unpaired) electrons. The Morgan fingerprint density at radius 3 is 2.04 bits per heavy atom. The summed E-state index contributed by atoms with van der Waals surface area (Å²) in [4.78, 5) is 35.5. The van der Waals surface area contributed by atoms with Gasteiger partial charge < -0.3 is 19.9 Å². The summed E-state index contributed by atoms with van der Waals surface area (Å²) in [5, 5.41) is 12.3. The first-order chi connectivity index (χ1) is 12.5. The third kappa shape index (κ3) is 6.24. The number of aliphatic hydroxyl groups excluding tert-OH is 1. The van der Waals surface area contributed by atoms with Gasteiger partial charge in [-0.05, 0) is 24.1 Å². The van der Waals surface area contributed by atoms with E-state index in [4.69, 9.17) is 0 Å². The van der Waals surface area contributed by atoms with Crippen LogP contribution in [-0.2, 0) is 30.0 Å². The van der Waals surface area contributed by atoms with Crippen molar-refractivity contribution < 1.29 is 42.1 Å². The molecule has 7 nitrogen and oxygen atoms in total. The summed E-state index contributed by atoms with van der Waals surface area (Å²) in [6.45, 7) is 1.47. The highest BCUT2D eigenvalue weighted by molar-refractivity contribution is 5.88. The third-order valence-electron chi connectivity index (χ3n) is 3.80. The quantitative estimate of drug-likeness (QED) is 0.685. The highest BCUT2D eigenvalue weighted by Crippen LogP contribution is 2.30. The smallest absolute Gasteiger partial charge is 0.416 e. The van der Waals surface area contributed by atoms with Crippen molar-refractivity contribution in [3.63, 3.8) is 0 Å². The van der Waals surface area contributed by atoms with Crippen LogP contribution >= 0.6 is 0 Å². The molecule has 0 aromatic heterocycles. The minimum atomic E-state index is -4.55. The summed E-state index contributed by atoms with van der Waals surface area (Å²) in [6, 6.07) is 2.11. The Kier molecular flexibility index (Phi) is 7.77. The molecule has 0 aliphatic rings. The number of amides is 1. The SMILES string of the molecule is COC(=O)[C@@H](C)C[C@@H](NC(=O)[C@H](O)c1ccc(C(F)(F)F)cc1)C(=O)OC. The first-order valence-corrected chi connectivity index (χ1v) is 7.82. The zero-order valence-corrected chi connectivity index (χ0v) is 14.9. The molecule has 27 heavy (non-hydrogen) atoms. The van der Waals surface area contributed by atoms with Crippen molar-refractivity contribution in [2.45, 2.75) is 31.7 Å². The van der Waals surface area contributed by atoms with E-state index in [0.717, 1.165) is 31.4 Å². The van der Waals surface area contributed by atoms with Gasteiger partial charge in [-0.1, -0.05) is 19.1 Å². The lowest BCUT2D eigenvalue weighted by Gasteiger charge is -2.21. The van der Waals surface area contributed by atoms with E-state index in [0.29, 0.717) is 0 Å². The summed E-state index contributed by atoms with van der Waals surface area (Å²) in [6.07, 6.45) is -6.51. The maximum atomic E-state index is 12.6. The van der Waals surface area contributed by atoms with Crippen LogP contribution in [0, 0.1) is 5.92 Å². The molecule has 1 amide bonds. The minimum Gasteiger partial charge on any atom is -0.469 e. The lowest BCUT2D eigenvalue weighted by molar-refractivity contribution is -0.149. The minimum absolute atomic E-state index is 0.0925. The van der Waals surface area contributed by atoms with Gasteiger partial charge in [0.25, 0.3) is 5.91 Å². The molecule has 0 heterocycles. The van der Waals surface area contributed by atoms with E-state index in [9.17, 15) is 32.7 Å². The molecule has 10 heteroatoms. The average molecular weight is 391 g/mol. The number of benzene rings is 1. The maximum absolute atomic E-state index is 12.6. The number of nitrogens with one attached hydrogen (secondary N) is 1. The van der Waals surface area contributed by atoms with E-state index in [2.05, 4.69) is 14.8 Å². The lowest BCUT2D eigenvalue weighted by atomic mass is 10.0. The number of methoxy groups -OCH3 is 2. The van der Waals surface area contributed by atoms with Crippen LogP contribution in [0.5, 0.6) is 0 Å². The predicted molar refractivity (Wildman–Crippen MR) is 86.1 cm³/mol. The molecule has 1 aromatic carbocycles. The van der Waals surface area contributed by atoms with Gasteiger partial charge in [0.15, 0.2) is 6.10 Å². The second-order valence-electron chi connectivity index (χ2n) is 5.77. The van der Waals surface area contributed by atoms with Gasteiger partial charge in [-0.2, -0.15) is 13.2 Å². The van der Waals surface area contributed by atoms with Crippen LogP contribution in [0.15, 0.2) is 24.3 Å². The fraction of sp³-hybridized carbons (Fsp3) is 0.471. The van der Waals surface area contributed by atoms with Crippen LogP contribution in [0.3, 0.4) is 0 Å². The molecular weight excluding hydrogens is 371 g/mol. The number of carbonyl (C=O) groups excluding carboxylic acids is 3. The fourth-order valence-corrected chi connectivity index (χ4v) is 2.26. The van der Waals surface area contributed by atoms with Crippen LogP contribution in [0.4, 0.5) is 13.2 Å². The Balaban J connectivity index is 2.87. The van der Waals surface area contributed by atoms with Gasteiger partial charge in [0.05, 0.1) is 25.7 Å². The molecule has 0 aliphatic carbocycles. The lowest BCUT2D eigenvalue weighted by Crippen LogP contribution is -2.45. The van der Waals surface area contributed by atoms with Gasteiger partial charge >= 0.3 is 18.1 Å². The third-order valence-corrected chi connectivity index (χ3v) is 3.80. The number of halogens is 3. The molecular formula is C17H20F3NO6. The molecule has 0 unspecified atom stereocenters. The number of hydrogen-bond acceptors (Lipinski definition) is 6. The second kappa shape index (κ2) is 9.36. The normalized spacial score (nSPS) is 14.6. The van der Waals surface area contributed by atoms with Gasteiger partial charge in [-0.15, -0.1) is 0 Å². The largest absolute Gasteiger partial charge is 0.469 e. The van der Waals surface area contributed by atoms with Crippen molar-refractivity contribution in [3.05, 3.63) is 35.4 Å². The zero-order valence-electron chi connectivity index (χ0n) is 14.9. The van der Waals surface area contributed by atoms with Crippen molar-refractivity contribution in [2.24, 2.45) is 5.92 Å². The van der Waals surface area contributed by atoms with Crippen molar-refractivity contribution in [1.82, 2.24) is 5.32 Å². The number of hydrogen-bond donors (Lipinski definition) is 2. The molecule has 0 spiro atoms. The Morgan fingerprint density at radius 2 is 1.59 bits per heavy atom. The Bertz CT molecular complexity index is 674. The number of ether oxygens (including phenoxy) is 2. The van der Waals surface area contributed by atoms with Gasteiger partial charge in [-0.25, -0.2) is 4.79 Å². The molecule has 1 aromatic rings. The van der Waals surface area contributed by atoms with Gasteiger partial charge in [0.2, 0.25) is 0 Å². The Labute approximate surface area is 153 Å². The Morgan fingerprint density at radius 1 is 1.07 bits per heavy atom. The summed E-state index contributed by atoms with van der Waals surface area (Å²) in [5.41, 5.74) is -1.02. The van der Waals surface area contributed by atoms with E-state index in [1.54, 1.807) is 0 Å². The van der Waals surface area contributed by atoms with Gasteiger partial charge in [-0.3, -0.25) is 9.59 Å². The number of rotatable bonds is 7. The van der Waals surface area contributed by atoms with Gasteiger partial charge in [0, 0.05) is 0 Å². The summed E-state index contributed by atoms with van der Waals surface area (Å²) in [5.74, 6) is -3.23. The predicted octanol–water partition coefficient (Wildman–Crippen LogP) is 1.60. The van der Waals surface area contributed by atoms with Crippen molar-refractivity contribution in [3.8, 4) is 0 Å². The van der Waals surface area contributed by atoms with Crippen LogP contribution in [0.1, 0.15) is 30.6 Å². The van der Waals surface area contributed by atoms with Crippen molar-refractivity contribution in [2.75, 3.05) is 14.2 Å². The number of carbonyl (C=O) groups is 3. The van der Waals surface area contributed by atoms with Crippen LogP contribution in [0.2, 0.25) is 0 Å². The molecule has 1 rings (SSSR count). The molecule has 2 N–H and O–H groups in total. The van der Waals surface area contributed by atoms with E-state index >= 15 is 0 Å². The standard InChI is InChI=1S/C17H20F3NO6/c1-9(15(24)26-2)8-12(16(25)27-3)21-14(23)13(22)10-4-6-11(7-5-10)17(18,19)20/h4-7,9,12-13,22H,8H2,1-3H3,(H,21,23)/t9-,12+,13+/m0/s1. The first-order valence-electron chi connectivity index (χ1n) is 7.82. The monoisotopic (exact) mass is 391 g/mol. The molecule has 0 saturated carbocycles. The van der Waals surface area contributed by atoms with E-state index < -0.39 is 47.6 Å².